The Labute approximate surface area is 310 Å². The Morgan fingerprint density at radius 1 is 0.480 bits per heavy atom. The summed E-state index contributed by atoms with van der Waals surface area (Å²) in [4.78, 5) is 12.4. The summed E-state index contributed by atoms with van der Waals surface area (Å²) in [6.07, 6.45) is 43.7. The molecule has 1 amide bonds. The summed E-state index contributed by atoms with van der Waals surface area (Å²) in [5.74, 6) is -0.599. The highest BCUT2D eigenvalue weighted by Crippen LogP contribution is 2.15. The third-order valence-electron chi connectivity index (χ3n) is 10.1. The zero-order valence-corrected chi connectivity index (χ0v) is 33.2. The van der Waals surface area contributed by atoms with Crippen LogP contribution in [0.1, 0.15) is 219 Å². The lowest BCUT2D eigenvalue weighted by atomic mass is 10.00. The van der Waals surface area contributed by atoms with Gasteiger partial charge in [-0.2, -0.15) is 0 Å². The fourth-order valence-corrected chi connectivity index (χ4v) is 6.66. The second kappa shape index (κ2) is 39.0. The molecule has 6 nitrogen and oxygen atoms in total. The van der Waals surface area contributed by atoms with E-state index in [1.165, 1.54) is 148 Å². The van der Waals surface area contributed by atoms with Crippen LogP contribution in [0.5, 0.6) is 0 Å². The van der Waals surface area contributed by atoms with E-state index in [1.54, 1.807) is 0 Å². The van der Waals surface area contributed by atoms with E-state index >= 15 is 0 Å². The summed E-state index contributed by atoms with van der Waals surface area (Å²) in [5.41, 5.74) is 0. The van der Waals surface area contributed by atoms with E-state index in [0.29, 0.717) is 19.3 Å². The molecule has 0 saturated heterocycles. The minimum absolute atomic E-state index is 0.362. The van der Waals surface area contributed by atoms with Crippen molar-refractivity contribution in [3.8, 4) is 0 Å². The number of carbonyl (C=O) groups excluding carboxylic acids is 1. The Morgan fingerprint density at radius 3 is 1.26 bits per heavy atom. The van der Waals surface area contributed by atoms with Gasteiger partial charge in [-0.15, -0.1) is 0 Å². The normalized spacial score (nSPS) is 14.4. The zero-order chi connectivity index (χ0) is 36.8. The van der Waals surface area contributed by atoms with Gasteiger partial charge in [0.15, 0.2) is 0 Å². The molecule has 0 aromatic rings. The number of aliphatic hydroxyl groups is 4. The van der Waals surface area contributed by atoms with Crippen molar-refractivity contribution in [2.45, 2.75) is 244 Å². The summed E-state index contributed by atoms with van der Waals surface area (Å²) >= 11 is 0. The smallest absolute Gasteiger partial charge is 0.249 e. The summed E-state index contributed by atoms with van der Waals surface area (Å²) in [6.45, 7) is 4.01. The first-order valence-electron chi connectivity index (χ1n) is 21.7. The number of nitrogens with one attached hydrogen (secondary N) is 1. The van der Waals surface area contributed by atoms with Gasteiger partial charge in [-0.05, 0) is 51.4 Å². The molecule has 50 heavy (non-hydrogen) atoms. The summed E-state index contributed by atoms with van der Waals surface area (Å²) in [7, 11) is 0. The van der Waals surface area contributed by atoms with Crippen molar-refractivity contribution < 1.29 is 25.2 Å². The van der Waals surface area contributed by atoms with Crippen LogP contribution in [0.4, 0.5) is 0 Å². The second-order valence-electron chi connectivity index (χ2n) is 15.0. The Balaban J connectivity index is 3.75. The molecule has 0 aromatic carbocycles. The number of hydrogen-bond acceptors (Lipinski definition) is 5. The van der Waals surface area contributed by atoms with Gasteiger partial charge >= 0.3 is 0 Å². The largest absolute Gasteiger partial charge is 0.394 e. The van der Waals surface area contributed by atoms with Crippen LogP contribution in [-0.4, -0.2) is 57.3 Å². The molecule has 6 heteroatoms. The van der Waals surface area contributed by atoms with Gasteiger partial charge in [-0.1, -0.05) is 192 Å². The topological polar surface area (TPSA) is 110 Å². The number of amides is 1. The third-order valence-corrected chi connectivity index (χ3v) is 10.1. The first-order chi connectivity index (χ1) is 24.5. The molecule has 0 spiro atoms. The quantitative estimate of drug-likeness (QED) is 0.0323. The van der Waals surface area contributed by atoms with E-state index in [-0.39, 0.29) is 0 Å². The van der Waals surface area contributed by atoms with Crippen LogP contribution < -0.4 is 5.32 Å². The zero-order valence-electron chi connectivity index (χ0n) is 33.2. The molecule has 5 N–H and O–H groups in total. The summed E-state index contributed by atoms with van der Waals surface area (Å²) < 4.78 is 0. The minimum atomic E-state index is -1.29. The molecule has 0 aliphatic carbocycles. The van der Waals surface area contributed by atoms with E-state index in [9.17, 15) is 25.2 Å². The molecule has 0 rings (SSSR count). The van der Waals surface area contributed by atoms with E-state index in [1.807, 2.05) is 0 Å². The van der Waals surface area contributed by atoms with Gasteiger partial charge in [0.1, 0.15) is 12.2 Å². The van der Waals surface area contributed by atoms with E-state index in [2.05, 4.69) is 43.5 Å². The Bertz CT molecular complexity index is 757. The Hall–Kier alpha value is -1.21. The van der Waals surface area contributed by atoms with Crippen molar-refractivity contribution >= 4 is 5.91 Å². The van der Waals surface area contributed by atoms with Gasteiger partial charge in [0.05, 0.1) is 18.8 Å². The van der Waals surface area contributed by atoms with Gasteiger partial charge in [-0.3, -0.25) is 4.79 Å². The number of aliphatic hydroxyl groups excluding tert-OH is 4. The first-order valence-corrected chi connectivity index (χ1v) is 21.7. The Kier molecular flexibility index (Phi) is 38.1. The van der Waals surface area contributed by atoms with Gasteiger partial charge < -0.3 is 25.7 Å². The van der Waals surface area contributed by atoms with Crippen LogP contribution in [0, 0.1) is 0 Å². The highest BCUT2D eigenvalue weighted by molar-refractivity contribution is 5.80. The molecular formula is C44H85NO5. The van der Waals surface area contributed by atoms with Crippen molar-refractivity contribution in [2.24, 2.45) is 0 Å². The maximum Gasteiger partial charge on any atom is 0.249 e. The lowest BCUT2D eigenvalue weighted by Gasteiger charge is -2.27. The molecule has 4 atom stereocenters. The van der Waals surface area contributed by atoms with Gasteiger partial charge in [0.25, 0.3) is 0 Å². The average molecular weight is 708 g/mol. The van der Waals surface area contributed by atoms with E-state index in [4.69, 9.17) is 0 Å². The number of unbranched alkanes of at least 4 members (excludes halogenated alkanes) is 26. The van der Waals surface area contributed by atoms with Crippen LogP contribution in [0.2, 0.25) is 0 Å². The summed E-state index contributed by atoms with van der Waals surface area (Å²) in [6, 6.07) is -1.00. The molecule has 0 radical (unpaired) electrons. The number of hydrogen-bond donors (Lipinski definition) is 5. The number of allylic oxidation sites excluding steroid dienone is 4. The van der Waals surface area contributed by atoms with Crippen molar-refractivity contribution in [1.29, 1.82) is 0 Å². The van der Waals surface area contributed by atoms with Crippen LogP contribution in [0.25, 0.3) is 0 Å². The molecule has 0 bridgehead atoms. The van der Waals surface area contributed by atoms with Gasteiger partial charge in [-0.25, -0.2) is 0 Å². The van der Waals surface area contributed by atoms with Crippen molar-refractivity contribution in [3.63, 3.8) is 0 Å². The minimum Gasteiger partial charge on any atom is -0.394 e. The molecule has 0 aliphatic heterocycles. The third kappa shape index (κ3) is 32.7. The lowest BCUT2D eigenvalue weighted by Crippen LogP contribution is -2.53. The number of carbonyl (C=O) groups is 1. The maximum absolute atomic E-state index is 12.4. The molecule has 0 fully saturated rings. The molecular weight excluding hydrogens is 622 g/mol. The SMILES string of the molecule is CCCCCCCCCCCCCCCCC/C=C/CC/C=C/CCCC(O)C(O)C(CO)NC(=O)C(O)CCCCCCCCCCCC. The molecule has 4 unspecified atom stereocenters. The molecule has 0 aromatic heterocycles. The maximum atomic E-state index is 12.4. The van der Waals surface area contributed by atoms with Crippen LogP contribution >= 0.6 is 0 Å². The molecule has 0 aliphatic rings. The number of rotatable bonds is 39. The summed E-state index contributed by atoms with van der Waals surface area (Å²) in [5, 5.41) is 43.5. The van der Waals surface area contributed by atoms with Crippen molar-refractivity contribution in [2.75, 3.05) is 6.61 Å². The standard InChI is InChI=1S/C44H85NO5/c1-3-5-7-9-11-13-15-16-17-18-19-20-21-22-23-24-25-26-27-28-30-31-33-35-37-41(47)43(49)40(39-46)45-44(50)42(48)38-36-34-32-29-14-12-10-8-6-4-2/h25-26,30-31,40-43,46-49H,3-24,27-29,32-39H2,1-2H3,(H,45,50)/b26-25+,31-30+. The van der Waals surface area contributed by atoms with Crippen molar-refractivity contribution in [3.05, 3.63) is 24.3 Å². The van der Waals surface area contributed by atoms with Crippen LogP contribution in [0.3, 0.4) is 0 Å². The monoisotopic (exact) mass is 708 g/mol. The Morgan fingerprint density at radius 2 is 0.840 bits per heavy atom. The van der Waals surface area contributed by atoms with Gasteiger partial charge in [0, 0.05) is 0 Å². The second-order valence-corrected chi connectivity index (χ2v) is 15.0. The lowest BCUT2D eigenvalue weighted by molar-refractivity contribution is -0.132. The average Bonchev–Trinajstić information content (AvgIpc) is 3.12. The first kappa shape index (κ1) is 48.8. The fourth-order valence-electron chi connectivity index (χ4n) is 6.66. The highest BCUT2D eigenvalue weighted by Gasteiger charge is 2.28. The molecule has 0 heterocycles. The molecule has 0 saturated carbocycles. The van der Waals surface area contributed by atoms with Crippen LogP contribution in [-0.2, 0) is 4.79 Å². The molecule has 296 valence electrons. The van der Waals surface area contributed by atoms with Crippen LogP contribution in [0.15, 0.2) is 24.3 Å². The van der Waals surface area contributed by atoms with Crippen molar-refractivity contribution in [1.82, 2.24) is 5.32 Å². The highest BCUT2D eigenvalue weighted by atomic mass is 16.3. The predicted molar refractivity (Wildman–Crippen MR) is 214 cm³/mol. The fraction of sp³-hybridized carbons (Fsp3) is 0.886. The van der Waals surface area contributed by atoms with E-state index < -0.39 is 36.9 Å². The predicted octanol–water partition coefficient (Wildman–Crippen LogP) is 11.2. The van der Waals surface area contributed by atoms with Gasteiger partial charge in [0.2, 0.25) is 5.91 Å². The van der Waals surface area contributed by atoms with E-state index in [0.717, 1.165) is 38.5 Å².